The lowest BCUT2D eigenvalue weighted by atomic mass is 9.97. The molecule has 128 valence electrons. The van der Waals surface area contributed by atoms with Crippen LogP contribution >= 0.6 is 11.3 Å². The molecule has 1 aliphatic rings. The van der Waals surface area contributed by atoms with Crippen molar-refractivity contribution in [3.05, 3.63) is 51.1 Å². The summed E-state index contributed by atoms with van der Waals surface area (Å²) in [5, 5.41) is 0.684. The molecule has 2 heterocycles. The minimum Gasteiger partial charge on any atom is -0.468 e. The summed E-state index contributed by atoms with van der Waals surface area (Å²) >= 11 is 1.62. The number of fused-ring (bicyclic) bond motifs is 3. The van der Waals surface area contributed by atoms with Gasteiger partial charge in [0.05, 0.1) is 12.5 Å². The molecule has 0 spiro atoms. The van der Waals surface area contributed by atoms with Crippen LogP contribution in [-0.2, 0) is 28.9 Å². The average Bonchev–Trinajstić information content (AvgIpc) is 3.03. The standard InChI is InChI=1S/C19H18N2O3S/c1-24-15(22)11-21-17(12-7-3-2-4-8-12)20-18-16(19(21)23)13-9-5-6-10-14(13)25-18/h2-4,7-8H,5-6,9-11H2,1H3. The monoisotopic (exact) mass is 354 g/mol. The molecule has 0 amide bonds. The van der Waals surface area contributed by atoms with Gasteiger partial charge in [-0.15, -0.1) is 11.3 Å². The lowest BCUT2D eigenvalue weighted by molar-refractivity contribution is -0.141. The number of hydrogen-bond donors (Lipinski definition) is 0. The minimum atomic E-state index is -0.454. The number of esters is 1. The van der Waals surface area contributed by atoms with Crippen LogP contribution in [-0.4, -0.2) is 22.6 Å². The molecule has 3 aromatic rings. The van der Waals surface area contributed by atoms with Gasteiger partial charge in [-0.3, -0.25) is 14.2 Å². The SMILES string of the molecule is COC(=O)Cn1c(-c2ccccc2)nc2sc3c(c2c1=O)CCCC3. The van der Waals surface area contributed by atoms with Crippen LogP contribution in [0.25, 0.3) is 21.6 Å². The van der Waals surface area contributed by atoms with Gasteiger partial charge in [-0.25, -0.2) is 4.98 Å². The van der Waals surface area contributed by atoms with Crippen LogP contribution in [0.4, 0.5) is 0 Å². The van der Waals surface area contributed by atoms with Crippen LogP contribution in [0.2, 0.25) is 0 Å². The van der Waals surface area contributed by atoms with Crippen molar-refractivity contribution in [2.75, 3.05) is 7.11 Å². The fourth-order valence-electron chi connectivity index (χ4n) is 3.39. The molecule has 25 heavy (non-hydrogen) atoms. The van der Waals surface area contributed by atoms with Gasteiger partial charge in [-0.2, -0.15) is 0 Å². The number of hydrogen-bond acceptors (Lipinski definition) is 5. The van der Waals surface area contributed by atoms with Crippen LogP contribution in [0.1, 0.15) is 23.3 Å². The fourth-order valence-corrected chi connectivity index (χ4v) is 4.64. The van der Waals surface area contributed by atoms with Crippen LogP contribution in [0.5, 0.6) is 0 Å². The molecular formula is C19H18N2O3S. The molecule has 0 fully saturated rings. The number of carbonyl (C=O) groups is 1. The first-order valence-corrected chi connectivity index (χ1v) is 9.18. The Hall–Kier alpha value is -2.47. The third-order valence-corrected chi connectivity index (χ3v) is 5.81. The van der Waals surface area contributed by atoms with Gasteiger partial charge in [0.1, 0.15) is 17.2 Å². The molecule has 0 bridgehead atoms. The van der Waals surface area contributed by atoms with E-state index in [0.29, 0.717) is 11.2 Å². The summed E-state index contributed by atoms with van der Waals surface area (Å²) in [5.74, 6) is 0.0617. The van der Waals surface area contributed by atoms with Crippen LogP contribution in [0.3, 0.4) is 0 Å². The second-order valence-electron chi connectivity index (χ2n) is 6.16. The molecular weight excluding hydrogens is 336 g/mol. The zero-order valence-electron chi connectivity index (χ0n) is 13.9. The van der Waals surface area contributed by atoms with Gasteiger partial charge in [-0.1, -0.05) is 30.3 Å². The number of aromatic nitrogens is 2. The van der Waals surface area contributed by atoms with Crippen molar-refractivity contribution >= 4 is 27.5 Å². The maximum absolute atomic E-state index is 13.2. The van der Waals surface area contributed by atoms with Crippen molar-refractivity contribution in [3.63, 3.8) is 0 Å². The summed E-state index contributed by atoms with van der Waals surface area (Å²) in [6.07, 6.45) is 4.17. The highest BCUT2D eigenvalue weighted by molar-refractivity contribution is 7.18. The lowest BCUT2D eigenvalue weighted by Gasteiger charge is -2.13. The van der Waals surface area contributed by atoms with E-state index in [4.69, 9.17) is 9.72 Å². The van der Waals surface area contributed by atoms with Crippen LogP contribution in [0.15, 0.2) is 35.1 Å². The molecule has 6 heteroatoms. The average molecular weight is 354 g/mol. The summed E-state index contributed by atoms with van der Waals surface area (Å²) in [4.78, 5) is 31.9. The quantitative estimate of drug-likeness (QED) is 0.678. The second kappa shape index (κ2) is 6.44. The second-order valence-corrected chi connectivity index (χ2v) is 7.24. The number of rotatable bonds is 3. The van der Waals surface area contributed by atoms with Gasteiger partial charge in [-0.05, 0) is 31.2 Å². The van der Waals surface area contributed by atoms with Gasteiger partial charge < -0.3 is 4.74 Å². The number of thiophene rings is 1. The van der Waals surface area contributed by atoms with Crippen LogP contribution < -0.4 is 5.56 Å². The number of ether oxygens (including phenoxy) is 1. The van der Waals surface area contributed by atoms with E-state index in [1.807, 2.05) is 30.3 Å². The largest absolute Gasteiger partial charge is 0.468 e. The Bertz CT molecular complexity index is 1000. The maximum atomic E-state index is 13.2. The maximum Gasteiger partial charge on any atom is 0.325 e. The van der Waals surface area contributed by atoms with E-state index in [-0.39, 0.29) is 12.1 Å². The first kappa shape index (κ1) is 16.0. The molecule has 0 saturated heterocycles. The van der Waals surface area contributed by atoms with E-state index in [0.717, 1.165) is 41.6 Å². The Morgan fingerprint density at radius 2 is 2.00 bits per heavy atom. The van der Waals surface area contributed by atoms with Gasteiger partial charge in [0.2, 0.25) is 0 Å². The van der Waals surface area contributed by atoms with Crippen molar-refractivity contribution < 1.29 is 9.53 Å². The minimum absolute atomic E-state index is 0.132. The highest BCUT2D eigenvalue weighted by atomic mass is 32.1. The summed E-state index contributed by atoms with van der Waals surface area (Å²) < 4.78 is 6.23. The fraction of sp³-hybridized carbons (Fsp3) is 0.316. The zero-order chi connectivity index (χ0) is 17.4. The van der Waals surface area contributed by atoms with Crippen LogP contribution in [0, 0.1) is 0 Å². The number of benzene rings is 1. The highest BCUT2D eigenvalue weighted by Crippen LogP contribution is 2.34. The predicted molar refractivity (Wildman–Crippen MR) is 98.0 cm³/mol. The number of methoxy groups -OCH3 is 1. The zero-order valence-corrected chi connectivity index (χ0v) is 14.8. The van der Waals surface area contributed by atoms with Gasteiger partial charge in [0.25, 0.3) is 5.56 Å². The highest BCUT2D eigenvalue weighted by Gasteiger charge is 2.23. The van der Waals surface area contributed by atoms with Crippen molar-refractivity contribution in [2.45, 2.75) is 32.2 Å². The Morgan fingerprint density at radius 3 is 2.76 bits per heavy atom. The number of aryl methyl sites for hydroxylation is 2. The van der Waals surface area contributed by atoms with E-state index in [1.165, 1.54) is 16.6 Å². The van der Waals surface area contributed by atoms with Gasteiger partial charge in [0.15, 0.2) is 0 Å². The first-order chi connectivity index (χ1) is 12.2. The Labute approximate surface area is 148 Å². The van der Waals surface area contributed by atoms with E-state index < -0.39 is 5.97 Å². The number of nitrogens with zero attached hydrogens (tertiary/aromatic N) is 2. The molecule has 2 aromatic heterocycles. The van der Waals surface area contributed by atoms with Crippen molar-refractivity contribution in [1.29, 1.82) is 0 Å². The van der Waals surface area contributed by atoms with E-state index >= 15 is 0 Å². The van der Waals surface area contributed by atoms with Crippen molar-refractivity contribution in [2.24, 2.45) is 0 Å². The van der Waals surface area contributed by atoms with Gasteiger partial charge >= 0.3 is 5.97 Å². The van der Waals surface area contributed by atoms with E-state index in [1.54, 1.807) is 11.3 Å². The molecule has 0 radical (unpaired) electrons. The van der Waals surface area contributed by atoms with Crippen molar-refractivity contribution in [3.8, 4) is 11.4 Å². The summed E-state index contributed by atoms with van der Waals surface area (Å²) in [5.41, 5.74) is 1.80. The Kier molecular flexibility index (Phi) is 4.13. The molecule has 1 aliphatic carbocycles. The normalized spacial score (nSPS) is 13.6. The predicted octanol–water partition coefficient (Wildman–Crippen LogP) is 3.18. The Balaban J connectivity index is 2.01. The van der Waals surface area contributed by atoms with E-state index in [9.17, 15) is 9.59 Å². The van der Waals surface area contributed by atoms with Crippen molar-refractivity contribution in [1.82, 2.24) is 9.55 Å². The third kappa shape index (κ3) is 2.76. The number of carbonyl (C=O) groups excluding carboxylic acids is 1. The molecule has 0 saturated carbocycles. The molecule has 0 unspecified atom stereocenters. The van der Waals surface area contributed by atoms with Gasteiger partial charge in [0, 0.05) is 10.4 Å². The topological polar surface area (TPSA) is 61.2 Å². The molecule has 0 N–H and O–H groups in total. The lowest BCUT2D eigenvalue weighted by Crippen LogP contribution is -2.27. The first-order valence-electron chi connectivity index (χ1n) is 8.36. The molecule has 4 rings (SSSR count). The third-order valence-electron chi connectivity index (χ3n) is 4.62. The molecule has 5 nitrogen and oxygen atoms in total. The molecule has 1 aromatic carbocycles. The Morgan fingerprint density at radius 1 is 1.24 bits per heavy atom. The summed E-state index contributed by atoms with van der Waals surface area (Å²) in [6.45, 7) is -0.132. The van der Waals surface area contributed by atoms with E-state index in [2.05, 4.69) is 0 Å². The smallest absolute Gasteiger partial charge is 0.325 e. The molecule has 0 atom stereocenters. The summed E-state index contributed by atoms with van der Waals surface area (Å²) in [7, 11) is 1.33. The summed E-state index contributed by atoms with van der Waals surface area (Å²) in [6, 6.07) is 9.50. The molecule has 0 aliphatic heterocycles.